The van der Waals surface area contributed by atoms with Gasteiger partial charge in [-0.05, 0) is 42.4 Å². The molecule has 4 heteroatoms. The van der Waals surface area contributed by atoms with Crippen molar-refractivity contribution >= 4 is 27.4 Å². The quantitative estimate of drug-likeness (QED) is 0.883. The highest BCUT2D eigenvalue weighted by Crippen LogP contribution is 2.47. The molecular formula is C13H14N2OS. The van der Waals surface area contributed by atoms with Crippen LogP contribution in [0.4, 0.5) is 5.00 Å². The highest BCUT2D eigenvalue weighted by Gasteiger charge is 2.52. The molecule has 1 aliphatic heterocycles. The maximum Gasteiger partial charge on any atom is 0.120 e. The van der Waals surface area contributed by atoms with Crippen molar-refractivity contribution < 1.29 is 5.11 Å². The predicted molar refractivity (Wildman–Crippen MR) is 69.5 cm³/mol. The number of hydrogen-bond donors (Lipinski definition) is 1. The predicted octanol–water partition coefficient (Wildman–Crippen LogP) is 2.26. The van der Waals surface area contributed by atoms with Gasteiger partial charge in [-0.3, -0.25) is 0 Å². The Labute approximate surface area is 104 Å². The molecule has 17 heavy (non-hydrogen) atoms. The molecule has 0 radical (unpaired) electrons. The normalized spacial score (nSPS) is 22.8. The molecule has 1 aromatic heterocycles. The fraction of sp³-hybridized carbons (Fsp3) is 0.462. The number of nitrogens with zero attached hydrogens (tertiary/aromatic N) is 2. The van der Waals surface area contributed by atoms with Crippen LogP contribution in [-0.2, 0) is 0 Å². The minimum atomic E-state index is -0.412. The van der Waals surface area contributed by atoms with Gasteiger partial charge in [0.1, 0.15) is 10.6 Å². The zero-order valence-electron chi connectivity index (χ0n) is 9.47. The number of aromatic nitrogens is 1. The van der Waals surface area contributed by atoms with Gasteiger partial charge in [0.2, 0.25) is 0 Å². The summed E-state index contributed by atoms with van der Waals surface area (Å²) in [7, 11) is 0. The lowest BCUT2D eigenvalue weighted by atomic mass is 9.89. The van der Waals surface area contributed by atoms with Crippen molar-refractivity contribution in [2.45, 2.75) is 18.4 Å². The Hall–Kier alpha value is -1.13. The summed E-state index contributed by atoms with van der Waals surface area (Å²) in [5.74, 6) is 0.554. The third-order valence-electron chi connectivity index (χ3n) is 3.92. The summed E-state index contributed by atoms with van der Waals surface area (Å²) >= 11 is 1.54. The van der Waals surface area contributed by atoms with Gasteiger partial charge in [0.15, 0.2) is 0 Å². The Morgan fingerprint density at radius 2 is 2.06 bits per heavy atom. The molecule has 0 amide bonds. The Morgan fingerprint density at radius 1 is 1.29 bits per heavy atom. The molecule has 0 atom stereocenters. The summed E-state index contributed by atoms with van der Waals surface area (Å²) < 4.78 is 4.45. The molecule has 2 aliphatic rings. The fourth-order valence-electron chi connectivity index (χ4n) is 2.74. The van der Waals surface area contributed by atoms with Crippen molar-refractivity contribution in [3.05, 3.63) is 24.3 Å². The van der Waals surface area contributed by atoms with Crippen LogP contribution < -0.4 is 4.90 Å². The Kier molecular flexibility index (Phi) is 1.86. The van der Waals surface area contributed by atoms with E-state index in [9.17, 15) is 5.11 Å². The SMILES string of the molecule is OC1(C2CC2)CN(c2snc3ccccc23)C1. The summed E-state index contributed by atoms with van der Waals surface area (Å²) in [6, 6.07) is 8.22. The molecule has 1 aromatic carbocycles. The van der Waals surface area contributed by atoms with E-state index >= 15 is 0 Å². The van der Waals surface area contributed by atoms with Crippen LogP contribution >= 0.6 is 11.5 Å². The van der Waals surface area contributed by atoms with Gasteiger partial charge in [-0.1, -0.05) is 12.1 Å². The molecule has 3 nitrogen and oxygen atoms in total. The number of rotatable bonds is 2. The molecule has 1 saturated heterocycles. The van der Waals surface area contributed by atoms with Crippen LogP contribution in [0.25, 0.3) is 10.9 Å². The van der Waals surface area contributed by atoms with Crippen molar-refractivity contribution in [2.75, 3.05) is 18.0 Å². The summed E-state index contributed by atoms with van der Waals surface area (Å²) in [4.78, 5) is 2.26. The highest BCUT2D eigenvalue weighted by atomic mass is 32.1. The molecule has 0 bridgehead atoms. The zero-order valence-corrected chi connectivity index (χ0v) is 10.3. The first-order valence-corrected chi connectivity index (χ1v) is 6.85. The molecule has 0 spiro atoms. The molecule has 1 saturated carbocycles. The zero-order chi connectivity index (χ0) is 11.5. The van der Waals surface area contributed by atoms with E-state index < -0.39 is 5.60 Å². The molecule has 0 unspecified atom stereocenters. The van der Waals surface area contributed by atoms with Gasteiger partial charge >= 0.3 is 0 Å². The first kappa shape index (κ1) is 9.85. The van der Waals surface area contributed by atoms with Gasteiger partial charge in [0, 0.05) is 18.5 Å². The third kappa shape index (κ3) is 1.40. The lowest BCUT2D eigenvalue weighted by Gasteiger charge is -2.47. The molecule has 2 aromatic rings. The molecule has 1 aliphatic carbocycles. The average molecular weight is 246 g/mol. The van der Waals surface area contributed by atoms with Crippen molar-refractivity contribution in [3.8, 4) is 0 Å². The van der Waals surface area contributed by atoms with Crippen molar-refractivity contribution in [3.63, 3.8) is 0 Å². The van der Waals surface area contributed by atoms with Crippen LogP contribution in [0.3, 0.4) is 0 Å². The maximum atomic E-state index is 10.3. The van der Waals surface area contributed by atoms with Crippen molar-refractivity contribution in [1.82, 2.24) is 4.37 Å². The minimum absolute atomic E-state index is 0.412. The monoisotopic (exact) mass is 246 g/mol. The molecule has 1 N–H and O–H groups in total. The van der Waals surface area contributed by atoms with E-state index in [-0.39, 0.29) is 0 Å². The summed E-state index contributed by atoms with van der Waals surface area (Å²) in [6.07, 6.45) is 2.40. The second-order valence-electron chi connectivity index (χ2n) is 5.24. The Morgan fingerprint density at radius 3 is 2.82 bits per heavy atom. The van der Waals surface area contributed by atoms with Gasteiger partial charge in [-0.25, -0.2) is 0 Å². The highest BCUT2D eigenvalue weighted by molar-refractivity contribution is 7.11. The number of aliphatic hydroxyl groups is 1. The summed E-state index contributed by atoms with van der Waals surface area (Å²) in [5, 5.41) is 12.8. The van der Waals surface area contributed by atoms with Crippen molar-refractivity contribution in [1.29, 1.82) is 0 Å². The first-order valence-electron chi connectivity index (χ1n) is 6.08. The van der Waals surface area contributed by atoms with Crippen LogP contribution in [0.15, 0.2) is 24.3 Å². The average Bonchev–Trinajstić information content (AvgIpc) is 3.06. The van der Waals surface area contributed by atoms with Gasteiger partial charge < -0.3 is 10.0 Å². The fourth-order valence-corrected chi connectivity index (χ4v) is 3.60. The van der Waals surface area contributed by atoms with Gasteiger partial charge in [0.25, 0.3) is 0 Å². The van der Waals surface area contributed by atoms with E-state index in [1.54, 1.807) is 11.5 Å². The van der Waals surface area contributed by atoms with E-state index in [1.165, 1.54) is 23.2 Å². The first-order chi connectivity index (χ1) is 8.26. The largest absolute Gasteiger partial charge is 0.386 e. The number of anilines is 1. The second-order valence-corrected chi connectivity index (χ2v) is 5.99. The van der Waals surface area contributed by atoms with Crippen LogP contribution in [-0.4, -0.2) is 28.2 Å². The number of β-amino-alcohol motifs (C(OH)–C–C–N with tert-alkyl or cyclic N) is 1. The van der Waals surface area contributed by atoms with Gasteiger partial charge in [-0.2, -0.15) is 4.37 Å². The third-order valence-corrected chi connectivity index (χ3v) is 4.86. The number of hydrogen-bond acceptors (Lipinski definition) is 4. The van der Waals surface area contributed by atoms with E-state index in [0.29, 0.717) is 5.92 Å². The van der Waals surface area contributed by atoms with E-state index in [4.69, 9.17) is 0 Å². The lowest BCUT2D eigenvalue weighted by molar-refractivity contribution is -0.00878. The lowest BCUT2D eigenvalue weighted by Crippen LogP contribution is -2.63. The molecule has 2 fully saturated rings. The van der Waals surface area contributed by atoms with Crippen LogP contribution in [0, 0.1) is 5.92 Å². The maximum absolute atomic E-state index is 10.3. The topological polar surface area (TPSA) is 36.4 Å². The van der Waals surface area contributed by atoms with Crippen LogP contribution in [0.5, 0.6) is 0 Å². The molecule has 88 valence electrons. The van der Waals surface area contributed by atoms with E-state index in [2.05, 4.69) is 15.3 Å². The Balaban J connectivity index is 1.64. The number of fused-ring (bicyclic) bond motifs is 1. The van der Waals surface area contributed by atoms with Crippen LogP contribution in [0.2, 0.25) is 0 Å². The Bertz CT molecular complexity index is 570. The summed E-state index contributed by atoms with van der Waals surface area (Å²) in [6.45, 7) is 1.56. The smallest absolute Gasteiger partial charge is 0.120 e. The van der Waals surface area contributed by atoms with Gasteiger partial charge in [0.05, 0.1) is 5.52 Å². The molecule has 4 rings (SSSR count). The van der Waals surface area contributed by atoms with Gasteiger partial charge in [-0.15, -0.1) is 0 Å². The van der Waals surface area contributed by atoms with Crippen molar-refractivity contribution in [2.24, 2.45) is 5.92 Å². The standard InChI is InChI=1S/C13H14N2OS/c16-13(9-5-6-9)7-15(8-13)12-10-3-1-2-4-11(10)14-17-12/h1-4,9,16H,5-8H2. The van der Waals surface area contributed by atoms with E-state index in [1.807, 2.05) is 18.2 Å². The van der Waals surface area contributed by atoms with E-state index in [0.717, 1.165) is 18.6 Å². The number of benzene rings is 1. The molecular weight excluding hydrogens is 232 g/mol. The second kappa shape index (κ2) is 3.21. The molecule has 2 heterocycles. The minimum Gasteiger partial charge on any atom is -0.386 e. The summed E-state index contributed by atoms with van der Waals surface area (Å²) in [5.41, 5.74) is 0.653. The van der Waals surface area contributed by atoms with Crippen LogP contribution in [0.1, 0.15) is 12.8 Å².